The summed E-state index contributed by atoms with van der Waals surface area (Å²) in [6, 6.07) is 8.07. The monoisotopic (exact) mass is 311 g/mol. The Morgan fingerprint density at radius 2 is 1.86 bits per heavy atom. The van der Waals surface area contributed by atoms with Gasteiger partial charge >= 0.3 is 0 Å². The fourth-order valence-electron chi connectivity index (χ4n) is 3.24. The topological polar surface area (TPSA) is 69.4 Å². The number of hydrogen-bond donors (Lipinski definition) is 1. The van der Waals surface area contributed by atoms with Crippen molar-refractivity contribution in [3.8, 4) is 0 Å². The molecule has 1 aliphatic carbocycles. The first-order valence-electron chi connectivity index (χ1n) is 7.49. The molecule has 0 aliphatic heterocycles. The maximum Gasteiger partial charge on any atom is 0.154 e. The molecule has 21 heavy (non-hydrogen) atoms. The van der Waals surface area contributed by atoms with Crippen LogP contribution in [0.15, 0.2) is 24.3 Å². The van der Waals surface area contributed by atoms with E-state index in [1.807, 2.05) is 38.1 Å². The number of aryl methyl sites for hydroxylation is 1. The summed E-state index contributed by atoms with van der Waals surface area (Å²) in [5.74, 6) is 0.0908. The first-order chi connectivity index (χ1) is 9.93. The van der Waals surface area contributed by atoms with Gasteiger partial charge in [0.15, 0.2) is 9.84 Å². The van der Waals surface area contributed by atoms with Gasteiger partial charge in [0.2, 0.25) is 0 Å². The quantitative estimate of drug-likeness (QED) is 0.834. The molecule has 118 valence electrons. The predicted molar refractivity (Wildman–Crippen MR) is 85.1 cm³/mol. The molecule has 1 aromatic carbocycles. The lowest BCUT2D eigenvalue weighted by Crippen LogP contribution is -2.29. The van der Waals surface area contributed by atoms with E-state index in [0.29, 0.717) is 19.8 Å². The van der Waals surface area contributed by atoms with Crippen LogP contribution in [0.3, 0.4) is 0 Å². The van der Waals surface area contributed by atoms with E-state index in [-0.39, 0.29) is 11.7 Å². The van der Waals surface area contributed by atoms with E-state index in [2.05, 4.69) is 0 Å². The van der Waals surface area contributed by atoms with E-state index in [1.54, 1.807) is 6.92 Å². The Balaban J connectivity index is 2.38. The van der Waals surface area contributed by atoms with E-state index in [1.165, 1.54) is 0 Å². The van der Waals surface area contributed by atoms with Crippen molar-refractivity contribution in [2.75, 3.05) is 25.5 Å². The third kappa shape index (κ3) is 2.87. The lowest BCUT2D eigenvalue weighted by atomic mass is 9.99. The highest BCUT2D eigenvalue weighted by molar-refractivity contribution is 7.92. The minimum atomic E-state index is -3.14. The van der Waals surface area contributed by atoms with Crippen LogP contribution in [0, 0.1) is 12.3 Å². The van der Waals surface area contributed by atoms with E-state index in [0.717, 1.165) is 11.1 Å². The average Bonchev–Trinajstić information content (AvgIpc) is 3.16. The molecular weight excluding hydrogens is 286 g/mol. The molecule has 4 nitrogen and oxygen atoms in total. The van der Waals surface area contributed by atoms with Gasteiger partial charge in [-0.15, -0.1) is 0 Å². The van der Waals surface area contributed by atoms with Gasteiger partial charge in [-0.3, -0.25) is 0 Å². The van der Waals surface area contributed by atoms with Crippen LogP contribution in [0.2, 0.25) is 0 Å². The lowest BCUT2D eigenvalue weighted by Gasteiger charge is -2.15. The molecule has 0 spiro atoms. The molecule has 3 atom stereocenters. The molecular formula is C16H25NO3S. The van der Waals surface area contributed by atoms with Crippen molar-refractivity contribution in [2.24, 2.45) is 11.1 Å². The van der Waals surface area contributed by atoms with Gasteiger partial charge < -0.3 is 10.5 Å². The second-order valence-corrected chi connectivity index (χ2v) is 8.25. The summed E-state index contributed by atoms with van der Waals surface area (Å²) in [6.45, 7) is 6.94. The highest BCUT2D eigenvalue weighted by Gasteiger charge is 2.69. The molecule has 0 aromatic heterocycles. The number of sulfone groups is 1. The lowest BCUT2D eigenvalue weighted by molar-refractivity contribution is 0.101. The molecule has 0 bridgehead atoms. The third-order valence-corrected chi connectivity index (χ3v) is 6.88. The molecule has 2 rings (SSSR count). The van der Waals surface area contributed by atoms with Crippen molar-refractivity contribution < 1.29 is 13.2 Å². The number of ether oxygens (including phenoxy) is 1. The number of benzene rings is 1. The Labute approximate surface area is 127 Å². The maximum atomic E-state index is 12.4. The van der Waals surface area contributed by atoms with Crippen LogP contribution in [-0.4, -0.2) is 39.2 Å². The summed E-state index contributed by atoms with van der Waals surface area (Å²) in [5, 5.41) is -0.422. The standard InChI is InChI=1S/C16H25NO3S/c1-4-20-11-16(10-17)14(15(16)21(18,19)5-2)13-8-6-12(3)7-9-13/h6-9,14-15H,4-5,10-11,17H2,1-3H3/t14-,15+,16+/m0/s1. The van der Waals surface area contributed by atoms with Gasteiger partial charge in [0, 0.05) is 30.2 Å². The molecule has 0 radical (unpaired) electrons. The Hall–Kier alpha value is -0.910. The van der Waals surface area contributed by atoms with Gasteiger partial charge in [-0.1, -0.05) is 36.8 Å². The minimum absolute atomic E-state index is 0.0559. The van der Waals surface area contributed by atoms with E-state index in [9.17, 15) is 8.42 Å². The van der Waals surface area contributed by atoms with Gasteiger partial charge in [0.05, 0.1) is 11.9 Å². The van der Waals surface area contributed by atoms with Gasteiger partial charge in [0.1, 0.15) is 0 Å². The molecule has 0 saturated heterocycles. The van der Waals surface area contributed by atoms with Crippen molar-refractivity contribution in [3.05, 3.63) is 35.4 Å². The molecule has 0 amide bonds. The zero-order valence-electron chi connectivity index (χ0n) is 13.0. The Bertz CT molecular complexity index is 582. The zero-order valence-corrected chi connectivity index (χ0v) is 13.8. The molecule has 1 aliphatic rings. The molecule has 1 fully saturated rings. The van der Waals surface area contributed by atoms with Crippen molar-refractivity contribution in [1.29, 1.82) is 0 Å². The van der Waals surface area contributed by atoms with Crippen LogP contribution in [-0.2, 0) is 14.6 Å². The highest BCUT2D eigenvalue weighted by Crippen LogP contribution is 2.62. The molecule has 2 N–H and O–H groups in total. The minimum Gasteiger partial charge on any atom is -0.381 e. The summed E-state index contributed by atoms with van der Waals surface area (Å²) in [4.78, 5) is 0. The van der Waals surface area contributed by atoms with Crippen LogP contribution in [0.5, 0.6) is 0 Å². The molecule has 0 heterocycles. The predicted octanol–water partition coefficient (Wildman–Crippen LogP) is 1.88. The van der Waals surface area contributed by atoms with Crippen LogP contribution in [0.1, 0.15) is 30.9 Å². The average molecular weight is 311 g/mol. The molecule has 5 heteroatoms. The van der Waals surface area contributed by atoms with Gasteiger partial charge in [-0.25, -0.2) is 8.42 Å². The summed E-state index contributed by atoms with van der Waals surface area (Å²) >= 11 is 0. The van der Waals surface area contributed by atoms with E-state index in [4.69, 9.17) is 10.5 Å². The second-order valence-electron chi connectivity index (χ2n) is 5.83. The van der Waals surface area contributed by atoms with Crippen LogP contribution in [0.4, 0.5) is 0 Å². The Morgan fingerprint density at radius 3 is 2.33 bits per heavy atom. The summed E-state index contributed by atoms with van der Waals surface area (Å²) < 4.78 is 30.4. The van der Waals surface area contributed by atoms with Crippen molar-refractivity contribution in [3.63, 3.8) is 0 Å². The Morgan fingerprint density at radius 1 is 1.24 bits per heavy atom. The molecule has 1 saturated carbocycles. The second kappa shape index (κ2) is 6.07. The number of rotatable bonds is 7. The summed E-state index contributed by atoms with van der Waals surface area (Å²) in [7, 11) is -3.14. The maximum absolute atomic E-state index is 12.4. The molecule has 0 unspecified atom stereocenters. The third-order valence-electron chi connectivity index (χ3n) is 4.56. The normalized spacial score (nSPS) is 28.6. The number of hydrogen-bond acceptors (Lipinski definition) is 4. The van der Waals surface area contributed by atoms with E-state index >= 15 is 0 Å². The fraction of sp³-hybridized carbons (Fsp3) is 0.625. The van der Waals surface area contributed by atoms with Gasteiger partial charge in [-0.2, -0.15) is 0 Å². The van der Waals surface area contributed by atoms with Gasteiger partial charge in [-0.05, 0) is 19.4 Å². The van der Waals surface area contributed by atoms with E-state index < -0.39 is 20.5 Å². The number of nitrogens with two attached hydrogens (primary N) is 1. The van der Waals surface area contributed by atoms with Crippen LogP contribution >= 0.6 is 0 Å². The first-order valence-corrected chi connectivity index (χ1v) is 9.20. The summed E-state index contributed by atoms with van der Waals surface area (Å²) in [6.07, 6.45) is 0. The Kier molecular flexibility index (Phi) is 4.76. The van der Waals surface area contributed by atoms with Crippen LogP contribution < -0.4 is 5.73 Å². The van der Waals surface area contributed by atoms with Crippen molar-refractivity contribution in [2.45, 2.75) is 31.9 Å². The largest absolute Gasteiger partial charge is 0.381 e. The van der Waals surface area contributed by atoms with Gasteiger partial charge in [0.25, 0.3) is 0 Å². The first kappa shape index (κ1) is 16.5. The smallest absolute Gasteiger partial charge is 0.154 e. The van der Waals surface area contributed by atoms with Crippen molar-refractivity contribution >= 4 is 9.84 Å². The summed E-state index contributed by atoms with van der Waals surface area (Å²) in [5.41, 5.74) is 7.71. The highest BCUT2D eigenvalue weighted by atomic mass is 32.2. The zero-order chi connectivity index (χ0) is 15.7. The SMILES string of the molecule is CCOC[C@@]1(CN)[C@H](S(=O)(=O)CC)[C@@H]1c1ccc(C)cc1. The fourth-order valence-corrected chi connectivity index (χ4v) is 5.39. The van der Waals surface area contributed by atoms with Crippen LogP contribution in [0.25, 0.3) is 0 Å². The van der Waals surface area contributed by atoms with Crippen molar-refractivity contribution in [1.82, 2.24) is 0 Å². The molecule has 1 aromatic rings.